The Bertz CT molecular complexity index is 314. The molecular weight excluding hydrogens is 255 g/mol. The third-order valence-corrected chi connectivity index (χ3v) is 1.56. The Kier molecular flexibility index (Phi) is 7.24. The quantitative estimate of drug-likeness (QED) is 0.756. The van der Waals surface area contributed by atoms with Gasteiger partial charge in [-0.25, -0.2) is 22.5 Å². The van der Waals surface area contributed by atoms with E-state index in [2.05, 4.69) is 4.98 Å². The summed E-state index contributed by atoms with van der Waals surface area (Å²) in [6.45, 7) is -6.87. The molecule has 0 unspecified atom stereocenters. The van der Waals surface area contributed by atoms with Crippen LogP contribution >= 0.6 is 0 Å². The van der Waals surface area contributed by atoms with Gasteiger partial charge in [0.1, 0.15) is 25.7 Å². The van der Waals surface area contributed by atoms with Crippen LogP contribution in [0.1, 0.15) is 17.0 Å². The van der Waals surface area contributed by atoms with Gasteiger partial charge in [0, 0.05) is 5.56 Å². The molecule has 0 radical (unpaired) electrons. The molecule has 1 heterocycles. The lowest BCUT2D eigenvalue weighted by Crippen LogP contribution is -2.01. The highest BCUT2D eigenvalue weighted by Gasteiger charge is 2.11. The van der Waals surface area contributed by atoms with Gasteiger partial charge in [0.25, 0.3) is 0 Å². The zero-order chi connectivity index (χ0) is 13.4. The number of halogens is 7. The average molecular weight is 263 g/mol. The predicted molar refractivity (Wildman–Crippen MR) is 45.7 cm³/mol. The fraction of sp³-hybridized carbons (Fsp3) is 0.444. The van der Waals surface area contributed by atoms with Crippen LogP contribution in [0.2, 0.25) is 0 Å². The number of rotatable bonds is 3. The topological polar surface area (TPSA) is 12.9 Å². The summed E-state index contributed by atoms with van der Waals surface area (Å²) < 4.78 is 78.2. The third-order valence-electron chi connectivity index (χ3n) is 1.56. The second-order valence-corrected chi connectivity index (χ2v) is 2.68. The molecule has 0 aliphatic rings. The Morgan fingerprint density at radius 1 is 1.00 bits per heavy atom. The molecule has 0 spiro atoms. The summed E-state index contributed by atoms with van der Waals surface area (Å²) in [5.41, 5.74) is -1.04. The van der Waals surface area contributed by atoms with Gasteiger partial charge in [0.2, 0.25) is 0 Å². The average Bonchev–Trinajstić information content (AvgIpc) is 2.28. The molecule has 1 aromatic heterocycles. The molecular formula is C9H8F7N. The first-order valence-corrected chi connectivity index (χ1v) is 4.23. The van der Waals surface area contributed by atoms with E-state index in [1.54, 1.807) is 0 Å². The van der Waals surface area contributed by atoms with E-state index in [9.17, 15) is 30.7 Å². The molecule has 0 amide bonds. The van der Waals surface area contributed by atoms with Crippen LogP contribution in [0.15, 0.2) is 6.07 Å². The summed E-state index contributed by atoms with van der Waals surface area (Å²) >= 11 is 0. The van der Waals surface area contributed by atoms with Gasteiger partial charge in [-0.3, -0.25) is 0 Å². The molecule has 98 valence electrons. The number of aromatic nitrogens is 1. The standard InChI is InChI=1S/C8H7F4N.CHF3/c9-2-5-1-6(3-10)13-7(4-11)8(5)12;2-1(3)4/h1H,2-4H2;1H. The van der Waals surface area contributed by atoms with Crippen molar-refractivity contribution in [3.05, 3.63) is 28.8 Å². The van der Waals surface area contributed by atoms with Crippen molar-refractivity contribution in [2.45, 2.75) is 26.7 Å². The van der Waals surface area contributed by atoms with E-state index in [1.807, 2.05) is 0 Å². The van der Waals surface area contributed by atoms with Crippen molar-refractivity contribution < 1.29 is 30.7 Å². The summed E-state index contributed by atoms with van der Waals surface area (Å²) in [5, 5.41) is 0. The zero-order valence-electron chi connectivity index (χ0n) is 8.37. The molecule has 0 fully saturated rings. The van der Waals surface area contributed by atoms with Crippen molar-refractivity contribution in [1.29, 1.82) is 0 Å². The van der Waals surface area contributed by atoms with E-state index in [4.69, 9.17) is 0 Å². The molecule has 0 aliphatic carbocycles. The summed E-state index contributed by atoms with van der Waals surface area (Å²) in [7, 11) is 0. The number of hydrogen-bond donors (Lipinski definition) is 0. The van der Waals surface area contributed by atoms with Gasteiger partial charge in [-0.2, -0.15) is 13.2 Å². The normalized spacial score (nSPS) is 10.1. The zero-order valence-corrected chi connectivity index (χ0v) is 8.37. The van der Waals surface area contributed by atoms with Gasteiger partial charge < -0.3 is 0 Å². The number of alkyl halides is 6. The second-order valence-electron chi connectivity index (χ2n) is 2.68. The molecule has 17 heavy (non-hydrogen) atoms. The van der Waals surface area contributed by atoms with Gasteiger partial charge >= 0.3 is 6.68 Å². The lowest BCUT2D eigenvalue weighted by atomic mass is 10.2. The van der Waals surface area contributed by atoms with Crippen LogP contribution in [-0.4, -0.2) is 11.7 Å². The van der Waals surface area contributed by atoms with Gasteiger partial charge in [0.15, 0.2) is 5.82 Å². The highest BCUT2D eigenvalue weighted by Crippen LogP contribution is 2.15. The van der Waals surface area contributed by atoms with Gasteiger partial charge in [-0.1, -0.05) is 0 Å². The smallest absolute Gasteiger partial charge is 0.249 e. The Hall–Kier alpha value is -1.34. The molecule has 1 aromatic rings. The van der Waals surface area contributed by atoms with E-state index in [0.29, 0.717) is 0 Å². The summed E-state index contributed by atoms with van der Waals surface area (Å²) in [6.07, 6.45) is 0. The van der Waals surface area contributed by atoms with Crippen molar-refractivity contribution in [3.63, 3.8) is 0 Å². The fourth-order valence-corrected chi connectivity index (χ4v) is 0.959. The van der Waals surface area contributed by atoms with Crippen LogP contribution in [-0.2, 0) is 20.0 Å². The molecule has 0 N–H and O–H groups in total. The van der Waals surface area contributed by atoms with Gasteiger partial charge in [-0.15, -0.1) is 0 Å². The SMILES string of the molecule is FC(F)F.FCc1cc(CF)c(F)c(CF)n1. The molecule has 0 aliphatic heterocycles. The fourth-order valence-electron chi connectivity index (χ4n) is 0.959. The van der Waals surface area contributed by atoms with Crippen molar-refractivity contribution in [2.75, 3.05) is 0 Å². The minimum absolute atomic E-state index is 0.151. The Balaban J connectivity index is 0.000000557. The molecule has 1 rings (SSSR count). The minimum atomic E-state index is -3.67. The molecule has 0 bridgehead atoms. The van der Waals surface area contributed by atoms with Crippen LogP contribution in [0, 0.1) is 5.82 Å². The summed E-state index contributed by atoms with van der Waals surface area (Å²) in [6, 6.07) is 0.953. The first-order chi connectivity index (χ1) is 7.96. The van der Waals surface area contributed by atoms with Crippen molar-refractivity contribution in [2.24, 2.45) is 0 Å². The second kappa shape index (κ2) is 7.86. The largest absolute Gasteiger partial charge is 0.379 e. The van der Waals surface area contributed by atoms with E-state index in [0.717, 1.165) is 6.07 Å². The third kappa shape index (κ3) is 5.50. The molecule has 0 saturated heterocycles. The van der Waals surface area contributed by atoms with Crippen molar-refractivity contribution >= 4 is 0 Å². The Morgan fingerprint density at radius 2 is 1.53 bits per heavy atom. The first kappa shape index (κ1) is 15.7. The van der Waals surface area contributed by atoms with Gasteiger partial charge in [-0.05, 0) is 6.07 Å². The van der Waals surface area contributed by atoms with Crippen LogP contribution in [0.5, 0.6) is 0 Å². The van der Waals surface area contributed by atoms with E-state index < -0.39 is 38.2 Å². The summed E-state index contributed by atoms with van der Waals surface area (Å²) in [5.74, 6) is -1.03. The van der Waals surface area contributed by atoms with Crippen LogP contribution in [0.3, 0.4) is 0 Å². The maximum Gasteiger partial charge on any atom is 0.379 e. The molecule has 0 saturated carbocycles. The maximum atomic E-state index is 12.9. The lowest BCUT2D eigenvalue weighted by molar-refractivity contribution is 0.00819. The summed E-state index contributed by atoms with van der Waals surface area (Å²) in [4.78, 5) is 3.33. The number of hydrogen-bond acceptors (Lipinski definition) is 1. The van der Waals surface area contributed by atoms with Crippen LogP contribution in [0.4, 0.5) is 30.7 Å². The Labute approximate surface area is 92.3 Å². The minimum Gasteiger partial charge on any atom is -0.249 e. The molecule has 0 atom stereocenters. The molecule has 8 heteroatoms. The van der Waals surface area contributed by atoms with E-state index in [-0.39, 0.29) is 11.3 Å². The lowest BCUT2D eigenvalue weighted by Gasteiger charge is -2.04. The van der Waals surface area contributed by atoms with Crippen molar-refractivity contribution in [1.82, 2.24) is 4.98 Å². The highest BCUT2D eigenvalue weighted by atomic mass is 19.4. The van der Waals surface area contributed by atoms with Crippen LogP contribution in [0.25, 0.3) is 0 Å². The highest BCUT2D eigenvalue weighted by molar-refractivity contribution is 5.22. The first-order valence-electron chi connectivity index (χ1n) is 4.23. The number of pyridine rings is 1. The molecule has 0 aromatic carbocycles. The van der Waals surface area contributed by atoms with E-state index >= 15 is 0 Å². The predicted octanol–water partition coefficient (Wildman–Crippen LogP) is 3.81. The number of nitrogens with zero attached hydrogens (tertiary/aromatic N) is 1. The maximum absolute atomic E-state index is 12.9. The van der Waals surface area contributed by atoms with Gasteiger partial charge in [0.05, 0.1) is 5.69 Å². The van der Waals surface area contributed by atoms with Crippen LogP contribution < -0.4 is 0 Å². The van der Waals surface area contributed by atoms with Crippen molar-refractivity contribution in [3.8, 4) is 0 Å². The van der Waals surface area contributed by atoms with E-state index in [1.165, 1.54) is 0 Å². The Morgan fingerprint density at radius 3 is 1.88 bits per heavy atom. The molecule has 1 nitrogen and oxygen atoms in total. The monoisotopic (exact) mass is 263 g/mol.